The molecular formula is C14H9BrClN3O2. The quantitative estimate of drug-likeness (QED) is 0.638. The summed E-state index contributed by atoms with van der Waals surface area (Å²) in [6.45, 7) is 0.355. The highest BCUT2D eigenvalue weighted by Crippen LogP contribution is 2.26. The number of hydrogen-bond donors (Lipinski definition) is 1. The minimum atomic E-state index is -0.522. The molecule has 0 aliphatic rings. The first-order valence-corrected chi connectivity index (χ1v) is 7.04. The number of nitriles is 1. The third kappa shape index (κ3) is 3.72. The Bertz CT molecular complexity index is 743. The van der Waals surface area contributed by atoms with Crippen LogP contribution in [0, 0.1) is 21.4 Å². The van der Waals surface area contributed by atoms with Crippen LogP contribution in [0.25, 0.3) is 0 Å². The SMILES string of the molecule is N#Cc1cc(Br)ccc1NCc1ccc(Cl)c([N+](=O)[O-])c1. The molecule has 0 unspecified atom stereocenters. The second-order valence-corrected chi connectivity index (χ2v) is 5.52. The Morgan fingerprint density at radius 2 is 2.10 bits per heavy atom. The van der Waals surface area contributed by atoms with Crippen LogP contribution in [-0.4, -0.2) is 4.92 Å². The highest BCUT2D eigenvalue weighted by atomic mass is 79.9. The normalized spacial score (nSPS) is 9.95. The van der Waals surface area contributed by atoms with Crippen LogP contribution in [0.1, 0.15) is 11.1 Å². The third-order valence-electron chi connectivity index (χ3n) is 2.79. The molecule has 2 rings (SSSR count). The first-order valence-electron chi connectivity index (χ1n) is 5.87. The molecule has 0 amide bonds. The highest BCUT2D eigenvalue weighted by molar-refractivity contribution is 9.10. The number of hydrogen-bond acceptors (Lipinski definition) is 4. The van der Waals surface area contributed by atoms with Gasteiger partial charge in [0.1, 0.15) is 11.1 Å². The largest absolute Gasteiger partial charge is 0.380 e. The van der Waals surface area contributed by atoms with Crippen LogP contribution in [0.4, 0.5) is 11.4 Å². The summed E-state index contributed by atoms with van der Waals surface area (Å²) in [4.78, 5) is 10.3. The van der Waals surface area contributed by atoms with Gasteiger partial charge in [-0.15, -0.1) is 0 Å². The van der Waals surface area contributed by atoms with Crippen LogP contribution in [0.3, 0.4) is 0 Å². The van der Waals surface area contributed by atoms with Gasteiger partial charge in [-0.05, 0) is 29.8 Å². The van der Waals surface area contributed by atoms with Gasteiger partial charge in [-0.25, -0.2) is 0 Å². The van der Waals surface area contributed by atoms with Gasteiger partial charge in [-0.1, -0.05) is 33.6 Å². The van der Waals surface area contributed by atoms with Crippen molar-refractivity contribution in [3.8, 4) is 6.07 Å². The molecule has 0 aliphatic carbocycles. The second kappa shape index (κ2) is 6.57. The maximum Gasteiger partial charge on any atom is 0.288 e. The van der Waals surface area contributed by atoms with E-state index in [-0.39, 0.29) is 10.7 Å². The maximum absolute atomic E-state index is 10.8. The molecule has 0 spiro atoms. The first-order chi connectivity index (χ1) is 10.0. The molecule has 5 nitrogen and oxygen atoms in total. The van der Waals surface area contributed by atoms with Crippen LogP contribution < -0.4 is 5.32 Å². The van der Waals surface area contributed by atoms with Crippen LogP contribution in [0.5, 0.6) is 0 Å². The first kappa shape index (κ1) is 15.3. The molecule has 7 heteroatoms. The summed E-state index contributed by atoms with van der Waals surface area (Å²) in [5, 5.41) is 23.1. The molecule has 0 radical (unpaired) electrons. The lowest BCUT2D eigenvalue weighted by Gasteiger charge is -2.09. The van der Waals surface area contributed by atoms with Gasteiger partial charge in [0.05, 0.1) is 16.2 Å². The predicted octanol–water partition coefficient (Wildman–Crippen LogP) is 4.49. The maximum atomic E-state index is 10.8. The molecule has 0 atom stereocenters. The number of nitrogens with one attached hydrogen (secondary N) is 1. The Morgan fingerprint density at radius 1 is 1.33 bits per heavy atom. The van der Waals surface area contributed by atoms with Crippen LogP contribution in [-0.2, 0) is 6.54 Å². The number of nitro benzene ring substituents is 1. The number of nitro groups is 1. The van der Waals surface area contributed by atoms with Gasteiger partial charge in [-0.3, -0.25) is 10.1 Å². The van der Waals surface area contributed by atoms with Crippen molar-refractivity contribution in [1.29, 1.82) is 5.26 Å². The fraction of sp³-hybridized carbons (Fsp3) is 0.0714. The standard InChI is InChI=1S/C14H9BrClN3O2/c15-11-2-4-13(10(6-11)7-17)18-8-9-1-3-12(16)14(5-9)19(20)21/h1-6,18H,8H2. The molecular weight excluding hydrogens is 358 g/mol. The van der Waals surface area contributed by atoms with Gasteiger partial charge < -0.3 is 5.32 Å². The van der Waals surface area contributed by atoms with Crippen molar-refractivity contribution in [1.82, 2.24) is 0 Å². The summed E-state index contributed by atoms with van der Waals surface area (Å²) in [6.07, 6.45) is 0. The summed E-state index contributed by atoms with van der Waals surface area (Å²) in [5.74, 6) is 0. The molecule has 106 valence electrons. The third-order valence-corrected chi connectivity index (χ3v) is 3.61. The van der Waals surface area contributed by atoms with Crippen molar-refractivity contribution in [3.63, 3.8) is 0 Å². The Morgan fingerprint density at radius 3 is 2.76 bits per heavy atom. The lowest BCUT2D eigenvalue weighted by molar-refractivity contribution is -0.384. The second-order valence-electron chi connectivity index (χ2n) is 4.20. The van der Waals surface area contributed by atoms with Crippen LogP contribution in [0.15, 0.2) is 40.9 Å². The fourth-order valence-electron chi connectivity index (χ4n) is 1.77. The van der Waals surface area contributed by atoms with Crippen LogP contribution >= 0.6 is 27.5 Å². The fourth-order valence-corrected chi connectivity index (χ4v) is 2.32. The van der Waals surface area contributed by atoms with E-state index < -0.39 is 4.92 Å². The molecule has 0 aromatic heterocycles. The van der Waals surface area contributed by atoms with E-state index in [9.17, 15) is 10.1 Å². The topological polar surface area (TPSA) is 79.0 Å². The van der Waals surface area contributed by atoms with Gasteiger partial charge in [0, 0.05) is 17.1 Å². The number of halogens is 2. The van der Waals surface area contributed by atoms with E-state index in [0.717, 1.165) is 4.47 Å². The lowest BCUT2D eigenvalue weighted by atomic mass is 10.1. The number of benzene rings is 2. The molecule has 0 saturated carbocycles. The molecule has 1 N–H and O–H groups in total. The van der Waals surface area contributed by atoms with E-state index in [1.807, 2.05) is 6.07 Å². The number of rotatable bonds is 4. The molecule has 0 saturated heterocycles. The van der Waals surface area contributed by atoms with Gasteiger partial charge in [0.2, 0.25) is 0 Å². The van der Waals surface area contributed by atoms with Gasteiger partial charge in [0.25, 0.3) is 5.69 Å². The van der Waals surface area contributed by atoms with Crippen molar-refractivity contribution < 1.29 is 4.92 Å². The van der Waals surface area contributed by atoms with E-state index >= 15 is 0 Å². The minimum absolute atomic E-state index is 0.102. The molecule has 0 heterocycles. The molecule has 2 aromatic carbocycles. The zero-order valence-electron chi connectivity index (χ0n) is 10.6. The monoisotopic (exact) mass is 365 g/mol. The van der Waals surface area contributed by atoms with Crippen molar-refractivity contribution in [2.24, 2.45) is 0 Å². The summed E-state index contributed by atoms with van der Waals surface area (Å²) in [6, 6.07) is 12.0. The Balaban J connectivity index is 2.19. The average Bonchev–Trinajstić information content (AvgIpc) is 2.46. The van der Waals surface area contributed by atoms with Gasteiger partial charge in [-0.2, -0.15) is 5.26 Å². The minimum Gasteiger partial charge on any atom is -0.380 e. The number of nitrogens with zero attached hydrogens (tertiary/aromatic N) is 2. The van der Waals surface area contributed by atoms with E-state index in [1.165, 1.54) is 12.1 Å². The molecule has 0 aliphatic heterocycles. The van der Waals surface area contributed by atoms with E-state index in [4.69, 9.17) is 16.9 Å². The van der Waals surface area contributed by atoms with Gasteiger partial charge >= 0.3 is 0 Å². The number of anilines is 1. The summed E-state index contributed by atoms with van der Waals surface area (Å²) >= 11 is 9.06. The smallest absolute Gasteiger partial charge is 0.288 e. The Labute approximate surface area is 134 Å². The lowest BCUT2D eigenvalue weighted by Crippen LogP contribution is -2.02. The molecule has 2 aromatic rings. The van der Waals surface area contributed by atoms with Crippen LogP contribution in [0.2, 0.25) is 5.02 Å². The molecule has 0 fully saturated rings. The molecule has 21 heavy (non-hydrogen) atoms. The predicted molar refractivity (Wildman–Crippen MR) is 84.3 cm³/mol. The van der Waals surface area contributed by atoms with E-state index in [2.05, 4.69) is 27.3 Å². The highest BCUT2D eigenvalue weighted by Gasteiger charge is 2.12. The Hall–Kier alpha value is -2.10. The zero-order chi connectivity index (χ0) is 15.4. The van der Waals surface area contributed by atoms with Crippen molar-refractivity contribution in [2.75, 3.05) is 5.32 Å². The van der Waals surface area contributed by atoms with Crippen molar-refractivity contribution in [2.45, 2.75) is 6.54 Å². The Kier molecular flexibility index (Phi) is 4.78. The summed E-state index contributed by atoms with van der Waals surface area (Å²) in [5.41, 5.74) is 1.73. The summed E-state index contributed by atoms with van der Waals surface area (Å²) in [7, 11) is 0. The molecule has 0 bridgehead atoms. The van der Waals surface area contributed by atoms with Crippen molar-refractivity contribution >= 4 is 38.9 Å². The zero-order valence-corrected chi connectivity index (χ0v) is 13.0. The average molecular weight is 367 g/mol. The van der Waals surface area contributed by atoms with E-state index in [0.29, 0.717) is 23.4 Å². The van der Waals surface area contributed by atoms with Crippen molar-refractivity contribution in [3.05, 3.63) is 67.1 Å². The van der Waals surface area contributed by atoms with E-state index in [1.54, 1.807) is 18.2 Å². The van der Waals surface area contributed by atoms with Gasteiger partial charge in [0.15, 0.2) is 0 Å². The summed E-state index contributed by atoms with van der Waals surface area (Å²) < 4.78 is 0.812.